The number of aliphatic imine (C=N–C) groups is 1. The third-order valence-corrected chi connectivity index (χ3v) is 4.66. The summed E-state index contributed by atoms with van der Waals surface area (Å²) in [6.45, 7) is 3.33. The molecule has 150 valence electrons. The predicted octanol–water partition coefficient (Wildman–Crippen LogP) is 3.29. The van der Waals surface area contributed by atoms with E-state index in [1.54, 1.807) is 12.1 Å². The molecule has 0 bridgehead atoms. The molecule has 1 aliphatic heterocycles. The summed E-state index contributed by atoms with van der Waals surface area (Å²) >= 11 is 0. The second kappa shape index (κ2) is 8.59. The number of rotatable bonds is 6. The smallest absolute Gasteiger partial charge is 0.337 e. The Labute approximate surface area is 166 Å². The van der Waals surface area contributed by atoms with E-state index in [2.05, 4.69) is 9.98 Å². The highest BCUT2D eigenvalue weighted by molar-refractivity contribution is 5.97. The van der Waals surface area contributed by atoms with Gasteiger partial charge in [0.25, 0.3) is 11.6 Å². The van der Waals surface area contributed by atoms with E-state index in [0.29, 0.717) is 24.1 Å². The maximum absolute atomic E-state index is 12.9. The van der Waals surface area contributed by atoms with Crippen molar-refractivity contribution in [3.63, 3.8) is 0 Å². The van der Waals surface area contributed by atoms with Gasteiger partial charge in [0.05, 0.1) is 16.2 Å². The lowest BCUT2D eigenvalue weighted by atomic mass is 9.83. The van der Waals surface area contributed by atoms with Crippen molar-refractivity contribution < 1.29 is 19.2 Å². The summed E-state index contributed by atoms with van der Waals surface area (Å²) in [5.74, 6) is -1.38. The molecule has 1 aromatic carbocycles. The van der Waals surface area contributed by atoms with Gasteiger partial charge in [-0.1, -0.05) is 19.1 Å². The Hall–Kier alpha value is -3.62. The van der Waals surface area contributed by atoms with Crippen molar-refractivity contribution in [2.75, 3.05) is 6.61 Å². The summed E-state index contributed by atoms with van der Waals surface area (Å²) in [7, 11) is 0. The Morgan fingerprint density at radius 3 is 2.62 bits per heavy atom. The maximum atomic E-state index is 12.9. The summed E-state index contributed by atoms with van der Waals surface area (Å²) in [5, 5.41) is 10.9. The molecule has 1 atom stereocenters. The molecule has 0 N–H and O–H groups in total. The molecule has 9 heteroatoms. The number of nitrogens with zero attached hydrogens (tertiary/aromatic N) is 4. The molecule has 0 saturated carbocycles. The van der Waals surface area contributed by atoms with Crippen LogP contribution in [0, 0.1) is 10.1 Å². The molecule has 1 unspecified atom stereocenters. The van der Waals surface area contributed by atoms with Crippen molar-refractivity contribution >= 4 is 23.3 Å². The van der Waals surface area contributed by atoms with Crippen LogP contribution >= 0.6 is 0 Å². The van der Waals surface area contributed by atoms with Gasteiger partial charge in [-0.15, -0.1) is 0 Å². The molecule has 0 fully saturated rings. The summed E-state index contributed by atoms with van der Waals surface area (Å²) in [5.41, 5.74) is 2.56. The minimum Gasteiger partial charge on any atom is -0.452 e. The fourth-order valence-corrected chi connectivity index (χ4v) is 3.26. The molecule has 1 aromatic heterocycles. The van der Waals surface area contributed by atoms with E-state index in [-0.39, 0.29) is 11.6 Å². The number of carbonyl (C=O) groups is 2. The average molecular weight is 396 g/mol. The van der Waals surface area contributed by atoms with Gasteiger partial charge in [0.1, 0.15) is 6.33 Å². The van der Waals surface area contributed by atoms with Crippen LogP contribution in [0.1, 0.15) is 43.0 Å². The zero-order chi connectivity index (χ0) is 21.0. The van der Waals surface area contributed by atoms with E-state index in [1.807, 2.05) is 13.8 Å². The third-order valence-electron chi connectivity index (χ3n) is 4.66. The van der Waals surface area contributed by atoms with Gasteiger partial charge in [-0.2, -0.15) is 0 Å². The van der Waals surface area contributed by atoms with E-state index >= 15 is 0 Å². The standard InChI is InChI=1S/C20H20N4O5/c1-3-17-19(20(26)29-11-18(25)23-9-8-21-12-23)16(10-13(2)22-17)14-4-6-15(7-5-14)24(27)28/h4-9,12,16H,3,10-11H2,1-2H3. The molecule has 0 spiro atoms. The number of aromatic nitrogens is 2. The van der Waals surface area contributed by atoms with Crippen LogP contribution in [0.3, 0.4) is 0 Å². The molecule has 1 aliphatic rings. The van der Waals surface area contributed by atoms with Crippen LogP contribution in [-0.4, -0.2) is 38.7 Å². The Balaban J connectivity index is 1.86. The Morgan fingerprint density at radius 1 is 1.31 bits per heavy atom. The molecule has 0 radical (unpaired) electrons. The highest BCUT2D eigenvalue weighted by Crippen LogP contribution is 2.37. The first-order valence-electron chi connectivity index (χ1n) is 9.10. The van der Waals surface area contributed by atoms with Gasteiger partial charge in [-0.05, 0) is 25.3 Å². The van der Waals surface area contributed by atoms with Crippen LogP contribution < -0.4 is 0 Å². The van der Waals surface area contributed by atoms with E-state index in [1.165, 1.54) is 35.4 Å². The molecule has 2 heterocycles. The molecule has 2 aromatic rings. The largest absolute Gasteiger partial charge is 0.452 e. The van der Waals surface area contributed by atoms with Crippen LogP contribution in [0.2, 0.25) is 0 Å². The topological polar surface area (TPSA) is 117 Å². The van der Waals surface area contributed by atoms with Crippen molar-refractivity contribution in [1.29, 1.82) is 0 Å². The normalized spacial score (nSPS) is 16.3. The average Bonchev–Trinajstić information content (AvgIpc) is 3.26. The first-order chi connectivity index (χ1) is 13.9. The fourth-order valence-electron chi connectivity index (χ4n) is 3.26. The minimum atomic E-state index is -0.616. The van der Waals surface area contributed by atoms with Gasteiger partial charge in [0.2, 0.25) is 0 Å². The number of esters is 1. The third kappa shape index (κ3) is 4.45. The van der Waals surface area contributed by atoms with Gasteiger partial charge in [-0.3, -0.25) is 24.5 Å². The number of carbonyl (C=O) groups excluding carboxylic acids is 2. The number of allylic oxidation sites excluding steroid dienone is 1. The van der Waals surface area contributed by atoms with Crippen molar-refractivity contribution in [3.8, 4) is 0 Å². The molecular formula is C20H20N4O5. The van der Waals surface area contributed by atoms with Crippen molar-refractivity contribution in [3.05, 3.63) is 69.9 Å². The van der Waals surface area contributed by atoms with Crippen molar-refractivity contribution in [2.45, 2.75) is 32.6 Å². The number of hydrogen-bond donors (Lipinski definition) is 0. The number of benzene rings is 1. The van der Waals surface area contributed by atoms with Crippen LogP contribution in [0.5, 0.6) is 0 Å². The number of imidazole rings is 1. The van der Waals surface area contributed by atoms with Gasteiger partial charge in [0, 0.05) is 36.2 Å². The Bertz CT molecular complexity index is 990. The first-order valence-corrected chi connectivity index (χ1v) is 9.10. The lowest BCUT2D eigenvalue weighted by Gasteiger charge is -2.25. The molecular weight excluding hydrogens is 376 g/mol. The number of ether oxygens (including phenoxy) is 1. The number of nitro groups is 1. The van der Waals surface area contributed by atoms with Gasteiger partial charge in [-0.25, -0.2) is 9.78 Å². The zero-order valence-corrected chi connectivity index (χ0v) is 16.1. The van der Waals surface area contributed by atoms with Gasteiger partial charge < -0.3 is 4.74 Å². The minimum absolute atomic E-state index is 0.0234. The van der Waals surface area contributed by atoms with Gasteiger partial charge in [0.15, 0.2) is 6.61 Å². The summed E-state index contributed by atoms with van der Waals surface area (Å²) < 4.78 is 6.51. The number of non-ortho nitro benzene ring substituents is 1. The Morgan fingerprint density at radius 2 is 2.03 bits per heavy atom. The van der Waals surface area contributed by atoms with Crippen LogP contribution in [-0.2, 0) is 9.53 Å². The molecule has 29 heavy (non-hydrogen) atoms. The SMILES string of the molecule is CCC1=C(C(=O)OCC(=O)n2ccnc2)C(c2ccc([N+](=O)[O-])cc2)CC(C)=N1. The van der Waals surface area contributed by atoms with Gasteiger partial charge >= 0.3 is 5.97 Å². The lowest BCUT2D eigenvalue weighted by Crippen LogP contribution is -2.25. The van der Waals surface area contributed by atoms with Crippen molar-refractivity contribution in [1.82, 2.24) is 9.55 Å². The predicted molar refractivity (Wildman–Crippen MR) is 105 cm³/mol. The lowest BCUT2D eigenvalue weighted by molar-refractivity contribution is -0.384. The van der Waals surface area contributed by atoms with Crippen LogP contribution in [0.15, 0.2) is 59.2 Å². The first kappa shape index (κ1) is 20.1. The quantitative estimate of drug-likeness (QED) is 0.420. The summed E-state index contributed by atoms with van der Waals surface area (Å²) in [4.78, 5) is 43.7. The van der Waals surface area contributed by atoms with Crippen molar-refractivity contribution in [2.24, 2.45) is 4.99 Å². The van der Waals surface area contributed by atoms with E-state index in [9.17, 15) is 19.7 Å². The highest BCUT2D eigenvalue weighted by atomic mass is 16.6. The molecule has 9 nitrogen and oxygen atoms in total. The number of hydrogen-bond acceptors (Lipinski definition) is 7. The zero-order valence-electron chi connectivity index (χ0n) is 16.1. The van der Waals surface area contributed by atoms with Crippen LogP contribution in [0.25, 0.3) is 0 Å². The molecule has 0 aliphatic carbocycles. The monoisotopic (exact) mass is 396 g/mol. The highest BCUT2D eigenvalue weighted by Gasteiger charge is 2.31. The summed E-state index contributed by atoms with van der Waals surface area (Å²) in [6, 6.07) is 6.10. The second-order valence-electron chi connectivity index (χ2n) is 6.61. The maximum Gasteiger partial charge on any atom is 0.337 e. The van der Waals surface area contributed by atoms with Crippen LogP contribution in [0.4, 0.5) is 5.69 Å². The Kier molecular flexibility index (Phi) is 5.96. The van der Waals surface area contributed by atoms with E-state index in [4.69, 9.17) is 4.74 Å². The van der Waals surface area contributed by atoms with E-state index < -0.39 is 23.4 Å². The second-order valence-corrected chi connectivity index (χ2v) is 6.61. The fraction of sp³-hybridized carbons (Fsp3) is 0.300. The van der Waals surface area contributed by atoms with E-state index in [0.717, 1.165) is 11.3 Å². The summed E-state index contributed by atoms with van der Waals surface area (Å²) in [6.07, 6.45) is 5.27. The molecule has 3 rings (SSSR count). The molecule has 0 saturated heterocycles. The number of nitro benzene ring substituents is 1. The molecule has 0 amide bonds.